The highest BCUT2D eigenvalue weighted by Crippen LogP contribution is 2.42. The third-order valence-electron chi connectivity index (χ3n) is 4.64. The van der Waals surface area contributed by atoms with E-state index in [0.717, 1.165) is 23.4 Å². The number of hydrogen-bond acceptors (Lipinski definition) is 2. The number of aromatic nitrogens is 1. The van der Waals surface area contributed by atoms with Crippen molar-refractivity contribution in [2.24, 2.45) is 17.1 Å². The zero-order valence-electron chi connectivity index (χ0n) is 11.9. The van der Waals surface area contributed by atoms with Crippen molar-refractivity contribution in [3.05, 3.63) is 28.5 Å². The molecule has 0 radical (unpaired) electrons. The molecule has 1 aliphatic rings. The van der Waals surface area contributed by atoms with E-state index < -0.39 is 0 Å². The Labute approximate surface area is 125 Å². The molecule has 1 aromatic heterocycles. The number of nitrogens with two attached hydrogens (primary N) is 1. The van der Waals surface area contributed by atoms with E-state index in [1.807, 2.05) is 12.4 Å². The number of rotatable bonds is 5. The number of hydrogen-bond donors (Lipinski definition) is 1. The molecule has 0 amide bonds. The average Bonchev–Trinajstić information content (AvgIpc) is 2.42. The molecule has 0 unspecified atom stereocenters. The van der Waals surface area contributed by atoms with Crippen LogP contribution in [0.3, 0.4) is 0 Å². The van der Waals surface area contributed by atoms with E-state index in [2.05, 4.69) is 33.9 Å². The standard InChI is InChI=1S/C16H25BrN2/c1-2-3-13-4-6-16(12-18,7-5-13)9-14-8-15(17)11-19-10-14/h8,10-11,13H,2-7,9,12,18H2,1H3. The molecule has 0 atom stereocenters. The zero-order valence-corrected chi connectivity index (χ0v) is 13.5. The highest BCUT2D eigenvalue weighted by Gasteiger charge is 2.34. The molecule has 3 heteroatoms. The van der Waals surface area contributed by atoms with E-state index in [0.29, 0.717) is 5.41 Å². The SMILES string of the molecule is CCCC1CCC(CN)(Cc2cncc(Br)c2)CC1. The van der Waals surface area contributed by atoms with Gasteiger partial charge in [0, 0.05) is 16.9 Å². The molecule has 1 aliphatic carbocycles. The maximum absolute atomic E-state index is 6.11. The van der Waals surface area contributed by atoms with Crippen molar-refractivity contribution in [2.75, 3.05) is 6.54 Å². The molecule has 0 aliphatic heterocycles. The minimum Gasteiger partial charge on any atom is -0.330 e. The summed E-state index contributed by atoms with van der Waals surface area (Å²) in [5.74, 6) is 0.935. The van der Waals surface area contributed by atoms with Gasteiger partial charge in [-0.3, -0.25) is 4.98 Å². The smallest absolute Gasteiger partial charge is 0.0410 e. The van der Waals surface area contributed by atoms with Crippen molar-refractivity contribution < 1.29 is 0 Å². The van der Waals surface area contributed by atoms with Gasteiger partial charge in [0.15, 0.2) is 0 Å². The highest BCUT2D eigenvalue weighted by atomic mass is 79.9. The van der Waals surface area contributed by atoms with Crippen molar-refractivity contribution in [1.82, 2.24) is 4.98 Å². The van der Waals surface area contributed by atoms with Crippen LogP contribution in [0.25, 0.3) is 0 Å². The first-order valence-electron chi connectivity index (χ1n) is 7.47. The molecule has 1 fully saturated rings. The Morgan fingerprint density at radius 3 is 2.68 bits per heavy atom. The van der Waals surface area contributed by atoms with Crippen LogP contribution in [0.5, 0.6) is 0 Å². The van der Waals surface area contributed by atoms with Gasteiger partial charge in [-0.2, -0.15) is 0 Å². The largest absolute Gasteiger partial charge is 0.330 e. The van der Waals surface area contributed by atoms with Crippen LogP contribution in [-0.4, -0.2) is 11.5 Å². The van der Waals surface area contributed by atoms with Crippen molar-refractivity contribution in [1.29, 1.82) is 0 Å². The van der Waals surface area contributed by atoms with Gasteiger partial charge in [-0.05, 0) is 77.5 Å². The lowest BCUT2D eigenvalue weighted by molar-refractivity contribution is 0.150. The molecular formula is C16H25BrN2. The summed E-state index contributed by atoms with van der Waals surface area (Å²) in [4.78, 5) is 4.27. The summed E-state index contributed by atoms with van der Waals surface area (Å²) in [5.41, 5.74) is 7.74. The predicted molar refractivity (Wildman–Crippen MR) is 84.0 cm³/mol. The molecule has 1 saturated carbocycles. The van der Waals surface area contributed by atoms with Crippen LogP contribution in [0.15, 0.2) is 22.9 Å². The first-order valence-corrected chi connectivity index (χ1v) is 8.26. The third kappa shape index (κ3) is 4.03. The van der Waals surface area contributed by atoms with Gasteiger partial charge >= 0.3 is 0 Å². The Morgan fingerprint density at radius 1 is 1.37 bits per heavy atom. The van der Waals surface area contributed by atoms with Crippen LogP contribution < -0.4 is 5.73 Å². The summed E-state index contributed by atoms with van der Waals surface area (Å²) in [7, 11) is 0. The number of pyridine rings is 1. The second kappa shape index (κ2) is 6.85. The molecule has 106 valence electrons. The van der Waals surface area contributed by atoms with Crippen LogP contribution in [0.2, 0.25) is 0 Å². The second-order valence-electron chi connectivity index (χ2n) is 6.12. The predicted octanol–water partition coefficient (Wildman–Crippen LogP) is 4.32. The fraction of sp³-hybridized carbons (Fsp3) is 0.688. The minimum absolute atomic E-state index is 0.312. The van der Waals surface area contributed by atoms with Gasteiger partial charge in [-0.1, -0.05) is 19.8 Å². The monoisotopic (exact) mass is 324 g/mol. The number of nitrogens with zero attached hydrogens (tertiary/aromatic N) is 1. The first-order chi connectivity index (χ1) is 9.17. The van der Waals surface area contributed by atoms with Gasteiger partial charge < -0.3 is 5.73 Å². The van der Waals surface area contributed by atoms with E-state index in [-0.39, 0.29) is 0 Å². The molecule has 19 heavy (non-hydrogen) atoms. The summed E-state index contributed by atoms with van der Waals surface area (Å²) >= 11 is 3.50. The van der Waals surface area contributed by atoms with Crippen LogP contribution >= 0.6 is 15.9 Å². The fourth-order valence-corrected chi connectivity index (χ4v) is 3.84. The Balaban J connectivity index is 2.00. The molecule has 0 saturated heterocycles. The first kappa shape index (κ1) is 15.0. The Bertz CT molecular complexity index is 397. The molecule has 0 bridgehead atoms. The van der Waals surface area contributed by atoms with E-state index in [4.69, 9.17) is 5.73 Å². The van der Waals surface area contributed by atoms with E-state index >= 15 is 0 Å². The summed E-state index contributed by atoms with van der Waals surface area (Å²) in [6, 6.07) is 2.18. The molecule has 0 aromatic carbocycles. The highest BCUT2D eigenvalue weighted by molar-refractivity contribution is 9.10. The zero-order chi connectivity index (χ0) is 13.7. The van der Waals surface area contributed by atoms with Crippen LogP contribution in [0.4, 0.5) is 0 Å². The van der Waals surface area contributed by atoms with Crippen molar-refractivity contribution in [3.8, 4) is 0 Å². The molecule has 2 N–H and O–H groups in total. The number of halogens is 1. The van der Waals surface area contributed by atoms with E-state index in [1.165, 1.54) is 44.1 Å². The maximum atomic E-state index is 6.11. The average molecular weight is 325 g/mol. The van der Waals surface area contributed by atoms with Gasteiger partial charge in [0.2, 0.25) is 0 Å². The lowest BCUT2D eigenvalue weighted by Gasteiger charge is -2.39. The van der Waals surface area contributed by atoms with Gasteiger partial charge in [-0.25, -0.2) is 0 Å². The summed E-state index contributed by atoms with van der Waals surface area (Å²) < 4.78 is 1.07. The quantitative estimate of drug-likeness (QED) is 0.875. The van der Waals surface area contributed by atoms with Gasteiger partial charge in [0.25, 0.3) is 0 Å². The lowest BCUT2D eigenvalue weighted by atomic mass is 9.67. The molecular weight excluding hydrogens is 300 g/mol. The van der Waals surface area contributed by atoms with Crippen LogP contribution in [-0.2, 0) is 6.42 Å². The Morgan fingerprint density at radius 2 is 2.11 bits per heavy atom. The van der Waals surface area contributed by atoms with Gasteiger partial charge in [0.05, 0.1) is 0 Å². The molecule has 1 heterocycles. The van der Waals surface area contributed by atoms with E-state index in [1.54, 1.807) is 0 Å². The summed E-state index contributed by atoms with van der Waals surface area (Å²) in [5, 5.41) is 0. The Hall–Kier alpha value is -0.410. The van der Waals surface area contributed by atoms with Gasteiger partial charge in [0.1, 0.15) is 0 Å². The lowest BCUT2D eigenvalue weighted by Crippen LogP contribution is -2.36. The van der Waals surface area contributed by atoms with Crippen molar-refractivity contribution in [2.45, 2.75) is 51.9 Å². The maximum Gasteiger partial charge on any atom is 0.0410 e. The fourth-order valence-electron chi connectivity index (χ4n) is 3.43. The second-order valence-corrected chi connectivity index (χ2v) is 7.04. The third-order valence-corrected chi connectivity index (χ3v) is 5.07. The van der Waals surface area contributed by atoms with E-state index in [9.17, 15) is 0 Å². The van der Waals surface area contributed by atoms with Crippen LogP contribution in [0, 0.1) is 11.3 Å². The van der Waals surface area contributed by atoms with Crippen molar-refractivity contribution in [3.63, 3.8) is 0 Å². The molecule has 2 rings (SSSR count). The molecule has 0 spiro atoms. The topological polar surface area (TPSA) is 38.9 Å². The minimum atomic E-state index is 0.312. The van der Waals surface area contributed by atoms with Gasteiger partial charge in [-0.15, -0.1) is 0 Å². The Kier molecular flexibility index (Phi) is 5.40. The molecule has 1 aromatic rings. The normalized spacial score (nSPS) is 27.4. The summed E-state index contributed by atoms with van der Waals surface area (Å²) in [6.07, 6.45) is 12.9. The van der Waals surface area contributed by atoms with Crippen LogP contribution in [0.1, 0.15) is 51.0 Å². The summed E-state index contributed by atoms with van der Waals surface area (Å²) in [6.45, 7) is 3.09. The molecule has 2 nitrogen and oxygen atoms in total. The van der Waals surface area contributed by atoms with Crippen molar-refractivity contribution >= 4 is 15.9 Å².